The fourth-order valence-corrected chi connectivity index (χ4v) is 3.60. The van der Waals surface area contributed by atoms with Gasteiger partial charge in [-0.05, 0) is 33.1 Å². The molecule has 0 amide bonds. The number of hydrogen-bond acceptors (Lipinski definition) is 4. The molecule has 0 aromatic heterocycles. The molecule has 2 heterocycles. The van der Waals surface area contributed by atoms with E-state index in [2.05, 4.69) is 13.0 Å². The molecule has 0 aromatic rings. The first kappa shape index (κ1) is 13.1. The summed E-state index contributed by atoms with van der Waals surface area (Å²) in [4.78, 5) is 11.8. The maximum absolute atomic E-state index is 11.8. The lowest BCUT2D eigenvalue weighted by Crippen LogP contribution is -2.37. The third-order valence-electron chi connectivity index (χ3n) is 4.93. The molecule has 2 saturated heterocycles. The molecule has 2 aliphatic heterocycles. The van der Waals surface area contributed by atoms with Crippen LogP contribution in [0.15, 0.2) is 11.6 Å². The first-order valence-corrected chi connectivity index (χ1v) is 7.14. The molecule has 0 aromatic carbocycles. The van der Waals surface area contributed by atoms with Crippen LogP contribution in [0, 0.1) is 11.8 Å². The van der Waals surface area contributed by atoms with Crippen LogP contribution in [0.3, 0.4) is 0 Å². The number of rotatable bonds is 0. The van der Waals surface area contributed by atoms with Crippen molar-refractivity contribution in [2.24, 2.45) is 11.8 Å². The van der Waals surface area contributed by atoms with Gasteiger partial charge in [0, 0.05) is 5.92 Å². The molecule has 6 atom stereocenters. The van der Waals surface area contributed by atoms with Gasteiger partial charge in [0.25, 0.3) is 0 Å². The molecule has 1 aliphatic carbocycles. The second-order valence-electron chi connectivity index (χ2n) is 6.48. The number of ether oxygens (including phenoxy) is 2. The van der Waals surface area contributed by atoms with Gasteiger partial charge in [-0.15, -0.1) is 0 Å². The molecule has 0 unspecified atom stereocenters. The number of epoxide rings is 1. The minimum Gasteiger partial charge on any atom is -0.459 e. The van der Waals surface area contributed by atoms with E-state index in [1.54, 1.807) is 0 Å². The maximum atomic E-state index is 11.8. The van der Waals surface area contributed by atoms with Crippen molar-refractivity contribution >= 4 is 5.97 Å². The fourth-order valence-electron chi connectivity index (χ4n) is 3.60. The van der Waals surface area contributed by atoms with Crippen LogP contribution in [0.1, 0.15) is 40.0 Å². The Morgan fingerprint density at radius 3 is 2.95 bits per heavy atom. The average Bonchev–Trinajstić information content (AvgIpc) is 2.89. The van der Waals surface area contributed by atoms with E-state index in [0.717, 1.165) is 12.8 Å². The summed E-state index contributed by atoms with van der Waals surface area (Å²) in [5.41, 5.74) is 0.988. The highest BCUT2D eigenvalue weighted by atomic mass is 16.6. The number of hydrogen-bond donors (Lipinski definition) is 1. The Hall–Kier alpha value is -0.870. The minimum atomic E-state index is -0.533. The van der Waals surface area contributed by atoms with Gasteiger partial charge >= 0.3 is 5.97 Å². The average molecular weight is 266 g/mol. The van der Waals surface area contributed by atoms with Crippen LogP contribution in [-0.2, 0) is 14.3 Å². The number of carbonyl (C=O) groups is 1. The highest BCUT2D eigenvalue weighted by Crippen LogP contribution is 2.50. The molecule has 4 heteroatoms. The van der Waals surface area contributed by atoms with E-state index in [1.165, 1.54) is 5.57 Å². The maximum Gasteiger partial charge on any atom is 0.309 e. The van der Waals surface area contributed by atoms with E-state index >= 15 is 0 Å². The zero-order chi connectivity index (χ0) is 13.8. The Kier molecular flexibility index (Phi) is 2.98. The van der Waals surface area contributed by atoms with Crippen LogP contribution in [0.25, 0.3) is 0 Å². The van der Waals surface area contributed by atoms with E-state index in [0.29, 0.717) is 6.42 Å². The largest absolute Gasteiger partial charge is 0.459 e. The Morgan fingerprint density at radius 1 is 1.47 bits per heavy atom. The smallest absolute Gasteiger partial charge is 0.309 e. The fraction of sp³-hybridized carbons (Fsp3) is 0.800. The van der Waals surface area contributed by atoms with Crippen LogP contribution >= 0.6 is 0 Å². The third kappa shape index (κ3) is 2.11. The number of aliphatic hydroxyl groups excluding tert-OH is 1. The summed E-state index contributed by atoms with van der Waals surface area (Å²) >= 11 is 0. The Bertz CT molecular complexity index is 430. The van der Waals surface area contributed by atoms with E-state index < -0.39 is 6.10 Å². The standard InChI is InChI=1S/C15H22O4/c1-8-5-4-6-15(3)13(19-15)12-11(10(16)7-8)9(2)14(17)18-12/h5,9-13,16H,4,6-7H2,1-3H3/b8-5+/t9-,10-,11+,12-,13+,15+/m0/s1. The monoisotopic (exact) mass is 266 g/mol. The predicted octanol–water partition coefficient (Wildman–Crippen LogP) is 1.81. The molecule has 2 fully saturated rings. The first-order chi connectivity index (χ1) is 8.92. The SMILES string of the molecule is C/C1=C\CC[C@@]2(C)O[C@@H]2[C@H]2OC(=O)[C@@H](C)[C@@H]2[C@@H](O)C1. The van der Waals surface area contributed by atoms with Gasteiger partial charge in [0.15, 0.2) is 0 Å². The highest BCUT2D eigenvalue weighted by Gasteiger charge is 2.63. The number of esters is 1. The summed E-state index contributed by atoms with van der Waals surface area (Å²) in [6.07, 6.45) is 3.82. The predicted molar refractivity (Wildman–Crippen MR) is 69.4 cm³/mol. The van der Waals surface area contributed by atoms with E-state index in [4.69, 9.17) is 9.47 Å². The number of allylic oxidation sites excluding steroid dienone is 1. The number of aliphatic hydroxyl groups is 1. The molecule has 3 rings (SSSR count). The molecule has 0 saturated carbocycles. The topological polar surface area (TPSA) is 59.1 Å². The van der Waals surface area contributed by atoms with Crippen LogP contribution in [-0.4, -0.2) is 35.0 Å². The van der Waals surface area contributed by atoms with Crippen molar-refractivity contribution in [2.75, 3.05) is 0 Å². The summed E-state index contributed by atoms with van der Waals surface area (Å²) < 4.78 is 11.3. The molecule has 0 radical (unpaired) electrons. The summed E-state index contributed by atoms with van der Waals surface area (Å²) in [6.45, 7) is 5.96. The Morgan fingerprint density at radius 2 is 2.21 bits per heavy atom. The molecular formula is C15H22O4. The van der Waals surface area contributed by atoms with Gasteiger partial charge in [-0.25, -0.2) is 0 Å². The van der Waals surface area contributed by atoms with Crippen molar-refractivity contribution in [3.63, 3.8) is 0 Å². The molecule has 4 nitrogen and oxygen atoms in total. The van der Waals surface area contributed by atoms with Crippen molar-refractivity contribution < 1.29 is 19.4 Å². The molecule has 106 valence electrons. The van der Waals surface area contributed by atoms with Crippen LogP contribution < -0.4 is 0 Å². The molecule has 1 N–H and O–H groups in total. The summed E-state index contributed by atoms with van der Waals surface area (Å²) in [7, 11) is 0. The lowest BCUT2D eigenvalue weighted by Gasteiger charge is -2.25. The van der Waals surface area contributed by atoms with Crippen molar-refractivity contribution in [2.45, 2.75) is 63.9 Å². The quantitative estimate of drug-likeness (QED) is 0.413. The molecule has 19 heavy (non-hydrogen) atoms. The van der Waals surface area contributed by atoms with Crippen molar-refractivity contribution in [1.82, 2.24) is 0 Å². The normalized spacial score (nSPS) is 52.5. The first-order valence-electron chi connectivity index (χ1n) is 7.14. The number of fused-ring (bicyclic) bond motifs is 3. The summed E-state index contributed by atoms with van der Waals surface area (Å²) in [5, 5.41) is 10.5. The molecule has 3 aliphatic rings. The third-order valence-corrected chi connectivity index (χ3v) is 4.93. The van der Waals surface area contributed by atoms with Crippen LogP contribution in [0.4, 0.5) is 0 Å². The Balaban J connectivity index is 1.91. The summed E-state index contributed by atoms with van der Waals surface area (Å²) in [6, 6.07) is 0. The zero-order valence-corrected chi connectivity index (χ0v) is 11.8. The second kappa shape index (κ2) is 4.32. The van der Waals surface area contributed by atoms with Gasteiger partial charge in [-0.1, -0.05) is 18.6 Å². The van der Waals surface area contributed by atoms with Gasteiger partial charge < -0.3 is 14.6 Å². The summed E-state index contributed by atoms with van der Waals surface area (Å²) in [5.74, 6) is -0.603. The van der Waals surface area contributed by atoms with E-state index in [1.807, 2.05) is 13.8 Å². The highest BCUT2D eigenvalue weighted by molar-refractivity contribution is 5.75. The van der Waals surface area contributed by atoms with Gasteiger partial charge in [-0.2, -0.15) is 0 Å². The van der Waals surface area contributed by atoms with Gasteiger partial charge in [0.1, 0.15) is 12.2 Å². The van der Waals surface area contributed by atoms with Crippen molar-refractivity contribution in [3.05, 3.63) is 11.6 Å². The minimum absolute atomic E-state index is 0.0483. The lowest BCUT2D eigenvalue weighted by molar-refractivity contribution is -0.144. The van der Waals surface area contributed by atoms with Gasteiger partial charge in [0.2, 0.25) is 0 Å². The number of carbonyl (C=O) groups excluding carboxylic acids is 1. The Labute approximate surface area is 113 Å². The van der Waals surface area contributed by atoms with Crippen molar-refractivity contribution in [1.29, 1.82) is 0 Å². The van der Waals surface area contributed by atoms with Crippen LogP contribution in [0.2, 0.25) is 0 Å². The lowest BCUT2D eigenvalue weighted by atomic mass is 9.80. The van der Waals surface area contributed by atoms with E-state index in [9.17, 15) is 9.90 Å². The second-order valence-corrected chi connectivity index (χ2v) is 6.48. The zero-order valence-electron chi connectivity index (χ0n) is 11.8. The van der Waals surface area contributed by atoms with Crippen LogP contribution in [0.5, 0.6) is 0 Å². The van der Waals surface area contributed by atoms with Crippen molar-refractivity contribution in [3.8, 4) is 0 Å². The molecule has 0 spiro atoms. The molecular weight excluding hydrogens is 244 g/mol. The van der Waals surface area contributed by atoms with Gasteiger partial charge in [0.05, 0.1) is 17.6 Å². The van der Waals surface area contributed by atoms with E-state index in [-0.39, 0.29) is 35.6 Å². The molecule has 0 bridgehead atoms. The van der Waals surface area contributed by atoms with Gasteiger partial charge in [-0.3, -0.25) is 4.79 Å².